The molecule has 0 aromatic heterocycles. The van der Waals surface area contributed by atoms with Crippen molar-refractivity contribution in [1.82, 2.24) is 9.21 Å². The average molecular weight is 480 g/mol. The number of rotatable bonds is 6. The zero-order chi connectivity index (χ0) is 24.3. The normalized spacial score (nSPS) is 15.2. The Bertz CT molecular complexity index is 1300. The minimum atomic E-state index is -3.61. The van der Waals surface area contributed by atoms with Crippen molar-refractivity contribution >= 4 is 38.3 Å². The second kappa shape index (κ2) is 9.95. The van der Waals surface area contributed by atoms with Gasteiger partial charge in [-0.05, 0) is 53.4 Å². The maximum Gasteiger partial charge on any atom is 0.243 e. The van der Waals surface area contributed by atoms with E-state index in [4.69, 9.17) is 0 Å². The number of piperidine rings is 1. The number of hydrogen-bond acceptors (Lipinski definition) is 4. The van der Waals surface area contributed by atoms with Gasteiger partial charge in [-0.3, -0.25) is 9.59 Å². The largest absolute Gasteiger partial charge is 0.349 e. The van der Waals surface area contributed by atoms with Crippen molar-refractivity contribution in [1.29, 1.82) is 0 Å². The number of anilines is 1. The van der Waals surface area contributed by atoms with E-state index in [-0.39, 0.29) is 22.6 Å². The van der Waals surface area contributed by atoms with Crippen LogP contribution in [0.3, 0.4) is 0 Å². The first-order chi connectivity index (χ1) is 16.2. The highest BCUT2D eigenvalue weighted by Crippen LogP contribution is 2.27. The second-order valence-corrected chi connectivity index (χ2v) is 10.8. The number of nitrogens with zero attached hydrogens (tertiary/aromatic N) is 2. The van der Waals surface area contributed by atoms with Gasteiger partial charge < -0.3 is 10.2 Å². The number of carbonyl (C=O) groups excluding carboxylic acids is 2. The van der Waals surface area contributed by atoms with Crippen LogP contribution in [0.25, 0.3) is 10.8 Å². The van der Waals surface area contributed by atoms with E-state index in [0.29, 0.717) is 38.0 Å². The Hall–Kier alpha value is -3.23. The van der Waals surface area contributed by atoms with Gasteiger partial charge in [-0.25, -0.2) is 8.42 Å². The number of likely N-dealkylation sites (N-methyl/N-ethyl adjacent to an activating group) is 1. The molecule has 3 aromatic rings. The first-order valence-electron chi connectivity index (χ1n) is 11.3. The molecule has 1 N–H and O–H groups in total. The molecular weight excluding hydrogens is 450 g/mol. The van der Waals surface area contributed by atoms with E-state index in [1.54, 1.807) is 43.3 Å². The summed E-state index contributed by atoms with van der Waals surface area (Å²) in [4.78, 5) is 26.4. The molecule has 1 aliphatic rings. The third-order valence-electron chi connectivity index (χ3n) is 6.26. The Balaban J connectivity index is 1.34. The van der Waals surface area contributed by atoms with Crippen molar-refractivity contribution < 1.29 is 18.0 Å². The van der Waals surface area contributed by atoms with Crippen LogP contribution in [0.2, 0.25) is 0 Å². The summed E-state index contributed by atoms with van der Waals surface area (Å²) in [6.45, 7) is 0.609. The van der Waals surface area contributed by atoms with Crippen LogP contribution in [0.1, 0.15) is 18.4 Å². The molecule has 0 spiro atoms. The molecule has 0 saturated carbocycles. The first kappa shape index (κ1) is 23.9. The SMILES string of the molecule is CN(C)C(=O)Cc1ccc(NC(=O)C2CCN(S(=O)(=O)c3ccc4ccccc4c3)CC2)cc1. The van der Waals surface area contributed by atoms with Gasteiger partial charge in [0.15, 0.2) is 0 Å². The third kappa shape index (κ3) is 5.29. The molecule has 3 aromatic carbocycles. The van der Waals surface area contributed by atoms with E-state index in [1.807, 2.05) is 42.5 Å². The summed E-state index contributed by atoms with van der Waals surface area (Å²) in [5, 5.41) is 4.80. The Morgan fingerprint density at radius 2 is 1.59 bits per heavy atom. The average Bonchev–Trinajstić information content (AvgIpc) is 2.84. The third-order valence-corrected chi connectivity index (χ3v) is 8.15. The molecule has 2 amide bonds. The van der Waals surface area contributed by atoms with Crippen LogP contribution >= 0.6 is 0 Å². The predicted molar refractivity (Wildman–Crippen MR) is 133 cm³/mol. The fourth-order valence-electron chi connectivity index (χ4n) is 4.12. The zero-order valence-electron chi connectivity index (χ0n) is 19.4. The predicted octanol–water partition coefficient (Wildman–Crippen LogP) is 3.51. The molecule has 34 heavy (non-hydrogen) atoms. The maximum absolute atomic E-state index is 13.1. The van der Waals surface area contributed by atoms with E-state index in [1.165, 1.54) is 4.31 Å². The number of fused-ring (bicyclic) bond motifs is 1. The van der Waals surface area contributed by atoms with E-state index >= 15 is 0 Å². The van der Waals surface area contributed by atoms with Gasteiger partial charge in [0.2, 0.25) is 21.8 Å². The van der Waals surface area contributed by atoms with Crippen LogP contribution in [0, 0.1) is 5.92 Å². The molecule has 0 radical (unpaired) electrons. The molecule has 0 atom stereocenters. The highest BCUT2D eigenvalue weighted by molar-refractivity contribution is 7.89. The lowest BCUT2D eigenvalue weighted by atomic mass is 9.97. The minimum absolute atomic E-state index is 0.0159. The van der Waals surface area contributed by atoms with Gasteiger partial charge in [0, 0.05) is 38.8 Å². The zero-order valence-corrected chi connectivity index (χ0v) is 20.2. The number of sulfonamides is 1. The number of hydrogen-bond donors (Lipinski definition) is 1. The summed E-state index contributed by atoms with van der Waals surface area (Å²) in [5.74, 6) is -0.347. The Kier molecular flexibility index (Phi) is 7.00. The summed E-state index contributed by atoms with van der Waals surface area (Å²) in [7, 11) is -0.177. The van der Waals surface area contributed by atoms with Crippen molar-refractivity contribution in [2.75, 3.05) is 32.5 Å². The topological polar surface area (TPSA) is 86.8 Å². The molecule has 1 fully saturated rings. The van der Waals surface area contributed by atoms with Gasteiger partial charge in [0.25, 0.3) is 0 Å². The van der Waals surface area contributed by atoms with Crippen LogP contribution in [0.15, 0.2) is 71.6 Å². The summed E-state index contributed by atoms with van der Waals surface area (Å²) in [6.07, 6.45) is 1.24. The number of nitrogens with one attached hydrogen (secondary N) is 1. The molecule has 1 heterocycles. The number of amides is 2. The van der Waals surface area contributed by atoms with E-state index in [0.717, 1.165) is 16.3 Å². The summed E-state index contributed by atoms with van der Waals surface area (Å²) in [6, 6.07) is 20.1. The van der Waals surface area contributed by atoms with E-state index < -0.39 is 10.0 Å². The fraction of sp³-hybridized carbons (Fsp3) is 0.308. The summed E-state index contributed by atoms with van der Waals surface area (Å²) < 4.78 is 27.8. The lowest BCUT2D eigenvalue weighted by Gasteiger charge is -2.30. The molecule has 8 heteroatoms. The second-order valence-electron chi connectivity index (χ2n) is 8.84. The molecule has 1 saturated heterocycles. The molecule has 1 aliphatic heterocycles. The molecule has 0 aliphatic carbocycles. The Morgan fingerprint density at radius 3 is 2.24 bits per heavy atom. The highest BCUT2D eigenvalue weighted by Gasteiger charge is 2.32. The monoisotopic (exact) mass is 479 g/mol. The lowest BCUT2D eigenvalue weighted by Crippen LogP contribution is -2.41. The molecule has 178 valence electrons. The van der Waals surface area contributed by atoms with Crippen molar-refractivity contribution in [2.45, 2.75) is 24.2 Å². The van der Waals surface area contributed by atoms with Crippen LogP contribution in [-0.4, -0.2) is 56.6 Å². The van der Waals surface area contributed by atoms with Crippen molar-refractivity contribution in [3.05, 3.63) is 72.3 Å². The molecule has 4 rings (SSSR count). The van der Waals surface area contributed by atoms with Crippen LogP contribution in [0.4, 0.5) is 5.69 Å². The van der Waals surface area contributed by atoms with Crippen LogP contribution in [-0.2, 0) is 26.0 Å². The van der Waals surface area contributed by atoms with Crippen LogP contribution in [0.5, 0.6) is 0 Å². The minimum Gasteiger partial charge on any atom is -0.349 e. The molecule has 0 unspecified atom stereocenters. The summed E-state index contributed by atoms with van der Waals surface area (Å²) in [5.41, 5.74) is 1.54. The number of benzene rings is 3. The maximum atomic E-state index is 13.1. The fourth-order valence-corrected chi connectivity index (χ4v) is 5.62. The van der Waals surface area contributed by atoms with Crippen molar-refractivity contribution in [2.24, 2.45) is 5.92 Å². The highest BCUT2D eigenvalue weighted by atomic mass is 32.2. The quantitative estimate of drug-likeness (QED) is 0.586. The standard InChI is InChI=1S/C26H29N3O4S/c1-28(2)25(30)17-19-7-10-23(11-8-19)27-26(31)21-13-15-29(16-14-21)34(32,33)24-12-9-20-5-3-4-6-22(20)18-24/h3-12,18,21H,13-17H2,1-2H3,(H,27,31). The van der Waals surface area contributed by atoms with Gasteiger partial charge in [-0.15, -0.1) is 0 Å². The van der Waals surface area contributed by atoms with Crippen molar-refractivity contribution in [3.63, 3.8) is 0 Å². The van der Waals surface area contributed by atoms with Gasteiger partial charge in [-0.1, -0.05) is 42.5 Å². The van der Waals surface area contributed by atoms with Gasteiger partial charge >= 0.3 is 0 Å². The molecule has 0 bridgehead atoms. The first-order valence-corrected chi connectivity index (χ1v) is 12.8. The van der Waals surface area contributed by atoms with Crippen LogP contribution < -0.4 is 5.32 Å². The van der Waals surface area contributed by atoms with Gasteiger partial charge in [-0.2, -0.15) is 4.31 Å². The molecular formula is C26H29N3O4S. The smallest absolute Gasteiger partial charge is 0.243 e. The summed E-state index contributed by atoms with van der Waals surface area (Å²) >= 11 is 0. The lowest BCUT2D eigenvalue weighted by molar-refractivity contribution is -0.128. The van der Waals surface area contributed by atoms with Gasteiger partial charge in [0.1, 0.15) is 0 Å². The van der Waals surface area contributed by atoms with Gasteiger partial charge in [0.05, 0.1) is 11.3 Å². The van der Waals surface area contributed by atoms with E-state index in [9.17, 15) is 18.0 Å². The number of carbonyl (C=O) groups is 2. The van der Waals surface area contributed by atoms with Crippen molar-refractivity contribution in [3.8, 4) is 0 Å². The molecule has 7 nitrogen and oxygen atoms in total. The Labute approximate surface area is 200 Å². The van der Waals surface area contributed by atoms with E-state index in [2.05, 4.69) is 5.32 Å². The Morgan fingerprint density at radius 1 is 0.941 bits per heavy atom.